The molecule has 2 aromatic rings. The molecule has 2 aromatic carbocycles. The van der Waals surface area contributed by atoms with E-state index in [0.717, 1.165) is 5.56 Å². The monoisotopic (exact) mass is 459 g/mol. The van der Waals surface area contributed by atoms with Crippen molar-refractivity contribution in [3.05, 3.63) is 60.2 Å². The lowest BCUT2D eigenvalue weighted by atomic mass is 10.2. The van der Waals surface area contributed by atoms with Crippen molar-refractivity contribution in [1.29, 1.82) is 0 Å². The number of carbonyl (C=O) groups is 2. The molecule has 2 rings (SSSR count). The Morgan fingerprint density at radius 3 is 1.65 bits per heavy atom. The van der Waals surface area contributed by atoms with Crippen LogP contribution >= 0.6 is 0 Å². The molecule has 0 N–H and O–H groups in total. The fraction of sp³-hybridized carbons (Fsp3) is 0.417. The van der Waals surface area contributed by atoms with Crippen molar-refractivity contribution in [3.63, 3.8) is 0 Å². The molecule has 1 amide bonds. The molecular weight excluding hydrogens is 426 g/mol. The van der Waals surface area contributed by atoms with Crippen LogP contribution < -0.4 is 4.31 Å². The molecule has 0 bridgehead atoms. The van der Waals surface area contributed by atoms with E-state index < -0.39 is 29.4 Å². The van der Waals surface area contributed by atoms with Gasteiger partial charge in [0.05, 0.1) is 10.6 Å². The van der Waals surface area contributed by atoms with Crippen LogP contribution in [-0.2, 0) is 19.6 Å². The number of hydrogen-bond acceptors (Lipinski definition) is 4. The molecule has 0 aliphatic carbocycles. The summed E-state index contributed by atoms with van der Waals surface area (Å²) in [6.07, 6.45) is 0. The standard InChI is InChI=1S/C24H33NO4SSi/c1-17(2)31(18(3)4,19(5)6)24(27)23(26)25(21-11-9-8-10-12-21)30(28,29)22-15-13-20(7)14-16-22/h8-19H,1-7H3. The van der Waals surface area contributed by atoms with Crippen LogP contribution in [-0.4, -0.2) is 27.8 Å². The fourth-order valence-electron chi connectivity index (χ4n) is 4.81. The zero-order valence-corrected chi connectivity index (χ0v) is 21.2. The smallest absolute Gasteiger partial charge is 0.295 e. The molecule has 0 aromatic heterocycles. The summed E-state index contributed by atoms with van der Waals surface area (Å²) in [6, 6.07) is 14.4. The van der Waals surface area contributed by atoms with Gasteiger partial charge in [-0.2, -0.15) is 4.31 Å². The third-order valence-electron chi connectivity index (χ3n) is 6.19. The van der Waals surface area contributed by atoms with Gasteiger partial charge in [-0.25, -0.2) is 8.42 Å². The number of para-hydroxylation sites is 1. The van der Waals surface area contributed by atoms with E-state index in [1.54, 1.807) is 42.5 Å². The highest BCUT2D eigenvalue weighted by atomic mass is 32.2. The molecule has 0 heterocycles. The number of amides is 1. The first-order valence-corrected chi connectivity index (χ1v) is 14.3. The van der Waals surface area contributed by atoms with E-state index in [2.05, 4.69) is 0 Å². The molecule has 5 nitrogen and oxygen atoms in total. The lowest BCUT2D eigenvalue weighted by molar-refractivity contribution is -0.131. The minimum Gasteiger partial charge on any atom is -0.295 e. The van der Waals surface area contributed by atoms with E-state index in [-0.39, 0.29) is 27.2 Å². The Kier molecular flexibility index (Phi) is 7.65. The summed E-state index contributed by atoms with van der Waals surface area (Å²) in [5, 5.41) is -0.535. The minimum atomic E-state index is -4.27. The molecule has 0 unspecified atom stereocenters. The predicted octanol–water partition coefficient (Wildman–Crippen LogP) is 5.50. The van der Waals surface area contributed by atoms with Crippen LogP contribution in [0.3, 0.4) is 0 Å². The summed E-state index contributed by atoms with van der Waals surface area (Å²) in [4.78, 5) is 27.5. The number of nitrogens with zero attached hydrogens (tertiary/aromatic N) is 1. The molecule has 168 valence electrons. The number of anilines is 1. The molecule has 0 saturated carbocycles. The van der Waals surface area contributed by atoms with Crippen LogP contribution in [0.2, 0.25) is 16.6 Å². The van der Waals surface area contributed by atoms with Gasteiger partial charge in [-0.1, -0.05) is 77.4 Å². The zero-order valence-electron chi connectivity index (χ0n) is 19.4. The van der Waals surface area contributed by atoms with Gasteiger partial charge in [0.15, 0.2) is 13.5 Å². The molecule has 31 heavy (non-hydrogen) atoms. The van der Waals surface area contributed by atoms with Crippen molar-refractivity contribution in [1.82, 2.24) is 0 Å². The van der Waals surface area contributed by atoms with Crippen LogP contribution in [0, 0.1) is 6.92 Å². The van der Waals surface area contributed by atoms with Gasteiger partial charge in [-0.15, -0.1) is 0 Å². The second-order valence-electron chi connectivity index (χ2n) is 8.95. The highest BCUT2D eigenvalue weighted by Gasteiger charge is 2.54. The van der Waals surface area contributed by atoms with E-state index in [1.165, 1.54) is 12.1 Å². The average molecular weight is 460 g/mol. The maximum absolute atomic E-state index is 13.8. The van der Waals surface area contributed by atoms with E-state index in [0.29, 0.717) is 4.31 Å². The van der Waals surface area contributed by atoms with E-state index in [1.807, 2.05) is 48.5 Å². The minimum absolute atomic E-state index is 0.0105. The van der Waals surface area contributed by atoms with Crippen LogP contribution in [0.5, 0.6) is 0 Å². The third-order valence-corrected chi connectivity index (χ3v) is 14.6. The maximum Gasteiger partial charge on any atom is 0.303 e. The summed E-state index contributed by atoms with van der Waals surface area (Å²) in [5.41, 5.74) is 1.04. The van der Waals surface area contributed by atoms with Gasteiger partial charge in [0.2, 0.25) is 0 Å². The van der Waals surface area contributed by atoms with Crippen molar-refractivity contribution < 1.29 is 18.0 Å². The Hall–Kier alpha value is -2.25. The summed E-state index contributed by atoms with van der Waals surface area (Å²) < 4.78 is 27.9. The van der Waals surface area contributed by atoms with Gasteiger partial charge < -0.3 is 0 Å². The first-order valence-electron chi connectivity index (χ1n) is 10.6. The number of rotatable bonds is 8. The molecule has 0 fully saturated rings. The van der Waals surface area contributed by atoms with Crippen LogP contribution in [0.4, 0.5) is 5.69 Å². The summed E-state index contributed by atoms with van der Waals surface area (Å²) >= 11 is 0. The molecule has 7 heteroatoms. The first-order chi connectivity index (χ1) is 14.4. The van der Waals surface area contributed by atoms with Gasteiger partial charge in [-0.05, 0) is 47.8 Å². The Morgan fingerprint density at radius 2 is 1.23 bits per heavy atom. The number of aryl methyl sites for hydroxylation is 1. The Bertz CT molecular complexity index is 1010. The molecular formula is C24H33NO4SSi. The molecule has 0 aliphatic rings. The second kappa shape index (κ2) is 9.49. The topological polar surface area (TPSA) is 71.5 Å². The summed E-state index contributed by atoms with van der Waals surface area (Å²) in [5.74, 6) is -0.963. The fourth-order valence-corrected chi connectivity index (χ4v) is 12.3. The van der Waals surface area contributed by atoms with Crippen molar-refractivity contribution in [2.75, 3.05) is 4.31 Å². The van der Waals surface area contributed by atoms with Crippen LogP contribution in [0.15, 0.2) is 59.5 Å². The number of carbonyl (C=O) groups excluding carboxylic acids is 2. The average Bonchev–Trinajstić information content (AvgIpc) is 2.68. The molecule has 0 saturated heterocycles. The highest BCUT2D eigenvalue weighted by Crippen LogP contribution is 2.43. The van der Waals surface area contributed by atoms with Crippen molar-refractivity contribution in [2.45, 2.75) is 70.0 Å². The normalized spacial score (nSPS) is 12.5. The maximum atomic E-state index is 13.8. The first kappa shape index (κ1) is 25.0. The molecule has 0 atom stereocenters. The SMILES string of the molecule is Cc1ccc(S(=O)(=O)N(C(=O)C(=O)[Si](C(C)C)(C(C)C)C(C)C)c2ccccc2)cc1. The summed E-state index contributed by atoms with van der Waals surface area (Å²) in [6.45, 7) is 13.7. The lowest BCUT2D eigenvalue weighted by Crippen LogP contribution is -2.59. The Labute approximate surface area is 187 Å². The number of benzene rings is 2. The molecule has 0 aliphatic heterocycles. The zero-order chi connectivity index (χ0) is 23.6. The highest BCUT2D eigenvalue weighted by molar-refractivity contribution is 7.93. The number of hydrogen-bond donors (Lipinski definition) is 0. The van der Waals surface area contributed by atoms with Crippen molar-refractivity contribution >= 4 is 35.1 Å². The lowest BCUT2D eigenvalue weighted by Gasteiger charge is -2.41. The van der Waals surface area contributed by atoms with Gasteiger partial charge in [-0.3, -0.25) is 9.59 Å². The van der Waals surface area contributed by atoms with Crippen molar-refractivity contribution in [2.24, 2.45) is 0 Å². The van der Waals surface area contributed by atoms with Gasteiger partial charge in [0.25, 0.3) is 10.0 Å². The van der Waals surface area contributed by atoms with Gasteiger partial charge in [0.1, 0.15) is 0 Å². The van der Waals surface area contributed by atoms with Gasteiger partial charge in [0, 0.05) is 0 Å². The van der Waals surface area contributed by atoms with E-state index >= 15 is 0 Å². The Balaban J connectivity index is 2.72. The largest absolute Gasteiger partial charge is 0.303 e. The summed E-state index contributed by atoms with van der Waals surface area (Å²) in [7, 11) is -7.14. The van der Waals surface area contributed by atoms with E-state index in [4.69, 9.17) is 0 Å². The Morgan fingerprint density at radius 1 is 0.774 bits per heavy atom. The van der Waals surface area contributed by atoms with Gasteiger partial charge >= 0.3 is 5.91 Å². The third kappa shape index (κ3) is 4.53. The quantitative estimate of drug-likeness (QED) is 0.386. The van der Waals surface area contributed by atoms with Crippen LogP contribution in [0.1, 0.15) is 47.1 Å². The second-order valence-corrected chi connectivity index (χ2v) is 16.5. The molecule has 0 radical (unpaired) electrons. The molecule has 0 spiro atoms. The van der Waals surface area contributed by atoms with Crippen LogP contribution in [0.25, 0.3) is 0 Å². The predicted molar refractivity (Wildman–Crippen MR) is 128 cm³/mol. The number of sulfonamides is 1. The van der Waals surface area contributed by atoms with E-state index in [9.17, 15) is 18.0 Å². The van der Waals surface area contributed by atoms with Crippen molar-refractivity contribution in [3.8, 4) is 0 Å².